The van der Waals surface area contributed by atoms with Gasteiger partial charge in [-0.25, -0.2) is 17.6 Å². The summed E-state index contributed by atoms with van der Waals surface area (Å²) in [5, 5.41) is 0. The normalized spacial score (nSPS) is 10.5. The third-order valence-electron chi connectivity index (χ3n) is 1.92. The summed E-state index contributed by atoms with van der Waals surface area (Å²) >= 11 is 0. The fourth-order valence-corrected chi connectivity index (χ4v) is 1.41. The van der Waals surface area contributed by atoms with E-state index in [-0.39, 0.29) is 0 Å². The summed E-state index contributed by atoms with van der Waals surface area (Å²) in [6.45, 7) is 6.43. The first-order valence-corrected chi connectivity index (χ1v) is 7.02. The zero-order chi connectivity index (χ0) is 13.3. The number of aryl methyl sites for hydroxylation is 2. The molecule has 0 aliphatic heterocycles. The van der Waals surface area contributed by atoms with Crippen molar-refractivity contribution < 1.29 is 17.5 Å². The van der Waals surface area contributed by atoms with E-state index in [1.165, 1.54) is 12.8 Å². The molecule has 0 radical (unpaired) electrons. The second-order valence-corrected chi connectivity index (χ2v) is 5.13. The molecule has 0 saturated carbocycles. The highest BCUT2D eigenvalue weighted by Crippen LogP contribution is 1.85. The summed E-state index contributed by atoms with van der Waals surface area (Å²) in [7, 11) is -2.00. The Hall–Kier alpha value is -1.14. The van der Waals surface area contributed by atoms with E-state index in [1.54, 1.807) is 0 Å². The van der Waals surface area contributed by atoms with Gasteiger partial charge in [0.25, 0.3) is 0 Å². The second kappa shape index (κ2) is 8.03. The Kier molecular flexibility index (Phi) is 7.49. The van der Waals surface area contributed by atoms with Crippen LogP contribution in [0.3, 0.4) is 0 Å². The van der Waals surface area contributed by atoms with E-state index >= 15 is 0 Å². The smallest absolute Gasteiger partial charge is 0.243 e. The minimum absolute atomic E-state index is 0.479. The van der Waals surface area contributed by atoms with Gasteiger partial charge in [0, 0.05) is 0 Å². The molecular formula is C11H20N2O3S. The van der Waals surface area contributed by atoms with Crippen LogP contribution in [0.15, 0.2) is 31.4 Å². The Balaban J connectivity index is 0.000000325. The van der Waals surface area contributed by atoms with Crippen LogP contribution in [0.25, 0.3) is 0 Å². The van der Waals surface area contributed by atoms with Crippen molar-refractivity contribution in [1.29, 1.82) is 0 Å². The van der Waals surface area contributed by atoms with Crippen molar-refractivity contribution in [3.63, 3.8) is 0 Å². The zero-order valence-corrected chi connectivity index (χ0v) is 11.2. The van der Waals surface area contributed by atoms with Crippen LogP contribution in [0, 0.1) is 0 Å². The maximum absolute atomic E-state index is 9.60. The van der Waals surface area contributed by atoms with Gasteiger partial charge in [-0.05, 0) is 6.42 Å². The van der Waals surface area contributed by atoms with E-state index in [0.717, 1.165) is 12.6 Å². The van der Waals surface area contributed by atoms with Gasteiger partial charge in [-0.1, -0.05) is 19.4 Å². The van der Waals surface area contributed by atoms with Crippen LogP contribution in [0.5, 0.6) is 0 Å². The molecule has 0 fully saturated rings. The quantitative estimate of drug-likeness (QED) is 0.447. The molecule has 0 N–H and O–H groups in total. The summed E-state index contributed by atoms with van der Waals surface area (Å²) in [5.41, 5.74) is 0. The minimum atomic E-state index is -4.04. The third-order valence-corrected chi connectivity index (χ3v) is 2.56. The molecule has 1 aromatic rings. The van der Waals surface area contributed by atoms with Gasteiger partial charge in [-0.15, -0.1) is 6.58 Å². The molecular weight excluding hydrogens is 240 g/mol. The van der Waals surface area contributed by atoms with E-state index in [2.05, 4.69) is 41.4 Å². The van der Waals surface area contributed by atoms with E-state index in [9.17, 15) is 13.0 Å². The van der Waals surface area contributed by atoms with Crippen LogP contribution in [0.4, 0.5) is 0 Å². The average Bonchev–Trinajstić information content (AvgIpc) is 2.60. The maximum atomic E-state index is 9.60. The highest BCUT2D eigenvalue weighted by molar-refractivity contribution is 7.85. The van der Waals surface area contributed by atoms with Crippen molar-refractivity contribution in [1.82, 2.24) is 4.57 Å². The van der Waals surface area contributed by atoms with Crippen LogP contribution in [-0.4, -0.2) is 23.3 Å². The molecule has 0 aliphatic rings. The van der Waals surface area contributed by atoms with Gasteiger partial charge in [0.05, 0.1) is 29.5 Å². The molecule has 6 heteroatoms. The minimum Gasteiger partial charge on any atom is -0.748 e. The summed E-state index contributed by atoms with van der Waals surface area (Å²) in [5.74, 6) is -0.479. The maximum Gasteiger partial charge on any atom is 0.243 e. The van der Waals surface area contributed by atoms with E-state index < -0.39 is 15.9 Å². The molecule has 98 valence electrons. The lowest BCUT2D eigenvalue weighted by Gasteiger charge is -1.98. The van der Waals surface area contributed by atoms with Crippen molar-refractivity contribution in [2.45, 2.75) is 26.3 Å². The molecule has 0 bridgehead atoms. The lowest BCUT2D eigenvalue weighted by atomic mass is 10.3. The Morgan fingerprint density at radius 1 is 1.53 bits per heavy atom. The van der Waals surface area contributed by atoms with E-state index in [4.69, 9.17) is 0 Å². The average molecular weight is 260 g/mol. The van der Waals surface area contributed by atoms with E-state index in [1.807, 2.05) is 7.05 Å². The first-order valence-electron chi connectivity index (χ1n) is 5.44. The monoisotopic (exact) mass is 260 g/mol. The number of rotatable bonds is 5. The summed E-state index contributed by atoms with van der Waals surface area (Å²) in [6, 6.07) is 0. The molecule has 0 unspecified atom stereocenters. The topological polar surface area (TPSA) is 66.0 Å². The lowest BCUT2D eigenvalue weighted by molar-refractivity contribution is -0.696. The van der Waals surface area contributed by atoms with Gasteiger partial charge in [-0.3, -0.25) is 0 Å². The number of nitrogens with zero attached hydrogens (tertiary/aromatic N) is 2. The molecule has 0 aromatic carbocycles. The SMILES string of the molecule is C=CCS(=O)(=O)[O-].CCCC[n+]1ccn(C)c1. The first-order chi connectivity index (χ1) is 7.89. The highest BCUT2D eigenvalue weighted by atomic mass is 32.2. The molecule has 1 rings (SSSR count). The van der Waals surface area contributed by atoms with Gasteiger partial charge in [0.1, 0.15) is 12.4 Å². The number of unbranched alkanes of at least 4 members (excludes halogenated alkanes) is 1. The Morgan fingerprint density at radius 2 is 2.18 bits per heavy atom. The highest BCUT2D eigenvalue weighted by Gasteiger charge is 1.96. The molecule has 0 spiro atoms. The lowest BCUT2D eigenvalue weighted by Crippen LogP contribution is -2.30. The molecule has 1 heterocycles. The van der Waals surface area contributed by atoms with Crippen molar-refractivity contribution in [3.05, 3.63) is 31.4 Å². The standard InChI is InChI=1S/C8H15N2.C3H6O3S/c1-3-4-5-10-7-6-9(2)8-10;1-2-3-7(4,5)6/h6-8H,3-5H2,1-2H3;2H,1,3H2,(H,4,5,6)/q+1;/p-1. The third kappa shape index (κ3) is 9.77. The van der Waals surface area contributed by atoms with Gasteiger partial charge < -0.3 is 4.55 Å². The fraction of sp³-hybridized carbons (Fsp3) is 0.545. The number of imidazole rings is 1. The summed E-state index contributed by atoms with van der Waals surface area (Å²) in [6.07, 6.45) is 9.87. The van der Waals surface area contributed by atoms with Crippen molar-refractivity contribution in [2.24, 2.45) is 7.05 Å². The number of hydrogen-bond donors (Lipinski definition) is 0. The Labute approximate surface area is 103 Å². The number of aromatic nitrogens is 2. The molecule has 5 nitrogen and oxygen atoms in total. The fourth-order valence-electron chi connectivity index (χ4n) is 1.12. The van der Waals surface area contributed by atoms with Gasteiger partial charge in [-0.2, -0.15) is 0 Å². The van der Waals surface area contributed by atoms with Gasteiger partial charge >= 0.3 is 0 Å². The van der Waals surface area contributed by atoms with Gasteiger partial charge in [0.15, 0.2) is 0 Å². The molecule has 0 saturated heterocycles. The molecule has 17 heavy (non-hydrogen) atoms. The van der Waals surface area contributed by atoms with Crippen LogP contribution in [0.2, 0.25) is 0 Å². The largest absolute Gasteiger partial charge is 0.748 e. The van der Waals surface area contributed by atoms with Gasteiger partial charge in [0.2, 0.25) is 6.33 Å². The predicted octanol–water partition coefficient (Wildman–Crippen LogP) is 0.830. The van der Waals surface area contributed by atoms with E-state index in [0.29, 0.717) is 0 Å². The van der Waals surface area contributed by atoms with Crippen molar-refractivity contribution >= 4 is 10.1 Å². The number of hydrogen-bond acceptors (Lipinski definition) is 3. The predicted molar refractivity (Wildman–Crippen MR) is 65.3 cm³/mol. The van der Waals surface area contributed by atoms with Crippen LogP contribution >= 0.6 is 0 Å². The van der Waals surface area contributed by atoms with Crippen molar-refractivity contribution in [2.75, 3.05) is 5.75 Å². The summed E-state index contributed by atoms with van der Waals surface area (Å²) in [4.78, 5) is 0. The molecule has 0 atom stereocenters. The molecule has 0 aliphatic carbocycles. The first kappa shape index (κ1) is 15.9. The van der Waals surface area contributed by atoms with Crippen molar-refractivity contribution in [3.8, 4) is 0 Å². The second-order valence-electron chi connectivity index (χ2n) is 3.68. The Morgan fingerprint density at radius 3 is 2.47 bits per heavy atom. The van der Waals surface area contributed by atoms with Crippen LogP contribution in [0.1, 0.15) is 19.8 Å². The molecule has 0 amide bonds. The van der Waals surface area contributed by atoms with Crippen LogP contribution < -0.4 is 4.57 Å². The van der Waals surface area contributed by atoms with Crippen LogP contribution in [-0.2, 0) is 23.7 Å². The molecule has 1 aromatic heterocycles. The summed E-state index contributed by atoms with van der Waals surface area (Å²) < 4.78 is 33.1. The zero-order valence-electron chi connectivity index (χ0n) is 10.4. The Bertz CT molecular complexity index is 424.